The van der Waals surface area contributed by atoms with Crippen molar-refractivity contribution in [1.82, 2.24) is 9.80 Å². The van der Waals surface area contributed by atoms with Gasteiger partial charge in [0.05, 0.1) is 0 Å². The maximum absolute atomic E-state index is 12.6. The third-order valence-electron chi connectivity index (χ3n) is 5.13. The van der Waals surface area contributed by atoms with Crippen LogP contribution in [0.1, 0.15) is 36.7 Å². The van der Waals surface area contributed by atoms with Crippen LogP contribution in [0.4, 0.5) is 16.2 Å². The molecule has 0 aromatic heterocycles. The molecule has 3 rings (SSSR count). The molecule has 1 aliphatic heterocycles. The normalized spacial score (nSPS) is 14.2. The maximum Gasteiger partial charge on any atom is 0.412 e. The summed E-state index contributed by atoms with van der Waals surface area (Å²) in [6.07, 6.45) is 0.947. The van der Waals surface area contributed by atoms with Crippen LogP contribution >= 0.6 is 0 Å². The molecule has 0 aliphatic carbocycles. The van der Waals surface area contributed by atoms with Crippen LogP contribution in [-0.4, -0.2) is 72.2 Å². The fourth-order valence-corrected chi connectivity index (χ4v) is 3.43. The number of hydrogen-bond donors (Lipinski definition) is 2. The van der Waals surface area contributed by atoms with Gasteiger partial charge < -0.3 is 20.3 Å². The molecule has 1 fully saturated rings. The van der Waals surface area contributed by atoms with Crippen molar-refractivity contribution in [2.45, 2.75) is 26.4 Å². The van der Waals surface area contributed by atoms with E-state index < -0.39 is 11.7 Å². The van der Waals surface area contributed by atoms with E-state index in [1.54, 1.807) is 60.9 Å². The Bertz CT molecular complexity index is 1050. The van der Waals surface area contributed by atoms with E-state index in [4.69, 9.17) is 10.5 Å². The highest BCUT2D eigenvalue weighted by atomic mass is 16.6. The molecule has 0 unspecified atom stereocenters. The summed E-state index contributed by atoms with van der Waals surface area (Å²) in [4.78, 5) is 44.8. The number of carbonyl (C=O) groups excluding carboxylic acids is 3. The first-order chi connectivity index (χ1) is 16.1. The third kappa shape index (κ3) is 7.06. The van der Waals surface area contributed by atoms with Crippen LogP contribution in [0.2, 0.25) is 0 Å². The molecule has 0 saturated carbocycles. The first kappa shape index (κ1) is 24.8. The van der Waals surface area contributed by atoms with Crippen LogP contribution < -0.4 is 11.1 Å². The molecule has 1 heterocycles. The van der Waals surface area contributed by atoms with Crippen molar-refractivity contribution < 1.29 is 19.1 Å². The Balaban J connectivity index is 1.51. The Kier molecular flexibility index (Phi) is 7.88. The van der Waals surface area contributed by atoms with Crippen LogP contribution in [-0.2, 0) is 9.53 Å². The number of rotatable bonds is 5. The Labute approximate surface area is 199 Å². The van der Waals surface area contributed by atoms with Crippen LogP contribution in [0.5, 0.6) is 0 Å². The SMILES string of the molecule is CC(C)(C)OC(=O)Nc1ccc(N)c(C=NCC(=O)N2CCN(C(=O)c3ccccc3)CC2)c1. The van der Waals surface area contributed by atoms with E-state index in [2.05, 4.69) is 10.3 Å². The van der Waals surface area contributed by atoms with Crippen molar-refractivity contribution in [3.63, 3.8) is 0 Å². The van der Waals surface area contributed by atoms with Gasteiger partial charge in [-0.15, -0.1) is 0 Å². The second-order valence-corrected chi connectivity index (χ2v) is 8.98. The number of aliphatic imine (C=N–C) groups is 1. The van der Waals surface area contributed by atoms with Crippen molar-refractivity contribution in [2.75, 3.05) is 43.8 Å². The van der Waals surface area contributed by atoms with Gasteiger partial charge in [-0.1, -0.05) is 18.2 Å². The van der Waals surface area contributed by atoms with Gasteiger partial charge in [-0.3, -0.25) is 19.9 Å². The minimum absolute atomic E-state index is 0.0268. The largest absolute Gasteiger partial charge is 0.444 e. The zero-order chi connectivity index (χ0) is 24.7. The van der Waals surface area contributed by atoms with Crippen LogP contribution in [0.3, 0.4) is 0 Å². The summed E-state index contributed by atoms with van der Waals surface area (Å²) < 4.78 is 5.25. The predicted octanol–water partition coefficient (Wildman–Crippen LogP) is 3.02. The van der Waals surface area contributed by atoms with Gasteiger partial charge in [-0.25, -0.2) is 4.79 Å². The lowest BCUT2D eigenvalue weighted by Crippen LogP contribution is -2.51. The Morgan fingerprint density at radius 1 is 1.03 bits per heavy atom. The molecular formula is C25H31N5O4. The number of benzene rings is 2. The van der Waals surface area contributed by atoms with Gasteiger partial charge in [0.1, 0.15) is 12.1 Å². The van der Waals surface area contributed by atoms with Gasteiger partial charge in [0.15, 0.2) is 0 Å². The Morgan fingerprint density at radius 2 is 1.68 bits per heavy atom. The highest BCUT2D eigenvalue weighted by Crippen LogP contribution is 2.18. The smallest absolute Gasteiger partial charge is 0.412 e. The van der Waals surface area contributed by atoms with Crippen molar-refractivity contribution in [3.05, 3.63) is 59.7 Å². The summed E-state index contributed by atoms with van der Waals surface area (Å²) in [5.74, 6) is -0.147. The third-order valence-corrected chi connectivity index (χ3v) is 5.13. The van der Waals surface area contributed by atoms with E-state index in [9.17, 15) is 14.4 Å². The second kappa shape index (κ2) is 10.8. The molecule has 3 amide bonds. The number of nitrogen functional groups attached to an aromatic ring is 1. The van der Waals surface area contributed by atoms with E-state index in [0.29, 0.717) is 48.7 Å². The molecule has 1 saturated heterocycles. The zero-order valence-electron chi connectivity index (χ0n) is 19.8. The van der Waals surface area contributed by atoms with E-state index in [0.717, 1.165) is 0 Å². The topological polar surface area (TPSA) is 117 Å². The minimum atomic E-state index is -0.608. The Morgan fingerprint density at radius 3 is 2.32 bits per heavy atom. The van der Waals surface area contributed by atoms with Crippen LogP contribution in [0.25, 0.3) is 0 Å². The van der Waals surface area contributed by atoms with E-state index in [1.165, 1.54) is 6.21 Å². The Hall–Kier alpha value is -3.88. The molecule has 1 aliphatic rings. The number of amides is 3. The van der Waals surface area contributed by atoms with Gasteiger partial charge in [0.2, 0.25) is 5.91 Å². The summed E-state index contributed by atoms with van der Waals surface area (Å²) in [5, 5.41) is 2.66. The van der Waals surface area contributed by atoms with Crippen molar-refractivity contribution in [3.8, 4) is 0 Å². The summed E-state index contributed by atoms with van der Waals surface area (Å²) >= 11 is 0. The van der Waals surface area contributed by atoms with Crippen molar-refractivity contribution >= 4 is 35.5 Å². The molecule has 0 spiro atoms. The van der Waals surface area contributed by atoms with Gasteiger partial charge in [0.25, 0.3) is 5.91 Å². The first-order valence-corrected chi connectivity index (χ1v) is 11.1. The molecule has 34 heavy (non-hydrogen) atoms. The second-order valence-electron chi connectivity index (χ2n) is 8.98. The highest BCUT2D eigenvalue weighted by molar-refractivity contribution is 5.95. The summed E-state index contributed by atoms with van der Waals surface area (Å²) in [7, 11) is 0. The lowest BCUT2D eigenvalue weighted by Gasteiger charge is -2.34. The van der Waals surface area contributed by atoms with Crippen LogP contribution in [0, 0.1) is 0 Å². The van der Waals surface area contributed by atoms with E-state index in [-0.39, 0.29) is 18.4 Å². The van der Waals surface area contributed by atoms with Gasteiger partial charge >= 0.3 is 6.09 Å². The standard InChI is InChI=1S/C25H31N5O4/c1-25(2,3)34-24(33)28-20-9-10-21(26)19(15-20)16-27-17-22(31)29-11-13-30(14-12-29)23(32)18-7-5-4-6-8-18/h4-10,15-16H,11-14,17,26H2,1-3H3,(H,28,33). The fourth-order valence-electron chi connectivity index (χ4n) is 3.43. The molecule has 0 atom stereocenters. The summed E-state index contributed by atoms with van der Waals surface area (Å²) in [6.45, 7) is 7.20. The van der Waals surface area contributed by atoms with Gasteiger partial charge in [-0.2, -0.15) is 0 Å². The quantitative estimate of drug-likeness (QED) is 0.520. The minimum Gasteiger partial charge on any atom is -0.444 e. The van der Waals surface area contributed by atoms with Crippen molar-refractivity contribution in [2.24, 2.45) is 4.99 Å². The van der Waals surface area contributed by atoms with Crippen molar-refractivity contribution in [1.29, 1.82) is 0 Å². The molecule has 9 heteroatoms. The molecule has 180 valence electrons. The number of carbonyl (C=O) groups is 3. The summed E-state index contributed by atoms with van der Waals surface area (Å²) in [6, 6.07) is 14.1. The highest BCUT2D eigenvalue weighted by Gasteiger charge is 2.24. The molecule has 2 aromatic rings. The maximum atomic E-state index is 12.6. The molecule has 0 bridgehead atoms. The number of anilines is 2. The monoisotopic (exact) mass is 465 g/mol. The lowest BCUT2D eigenvalue weighted by molar-refractivity contribution is -0.131. The number of ether oxygens (including phenoxy) is 1. The van der Waals surface area contributed by atoms with Crippen LogP contribution in [0.15, 0.2) is 53.5 Å². The van der Waals surface area contributed by atoms with E-state index >= 15 is 0 Å². The zero-order valence-corrected chi connectivity index (χ0v) is 19.8. The first-order valence-electron chi connectivity index (χ1n) is 11.1. The average molecular weight is 466 g/mol. The van der Waals surface area contributed by atoms with E-state index in [1.807, 2.05) is 18.2 Å². The van der Waals surface area contributed by atoms with Gasteiger partial charge in [-0.05, 0) is 51.1 Å². The number of hydrogen-bond acceptors (Lipinski definition) is 6. The summed E-state index contributed by atoms with van der Waals surface area (Å²) in [5.41, 5.74) is 7.61. The lowest BCUT2D eigenvalue weighted by atomic mass is 10.1. The molecule has 9 nitrogen and oxygen atoms in total. The average Bonchev–Trinajstić information content (AvgIpc) is 2.80. The number of piperazine rings is 1. The fraction of sp³-hybridized carbons (Fsp3) is 0.360. The molecule has 3 N–H and O–H groups in total. The molecular weight excluding hydrogens is 434 g/mol. The predicted molar refractivity (Wildman–Crippen MR) is 132 cm³/mol. The number of nitrogens with zero attached hydrogens (tertiary/aromatic N) is 3. The molecule has 2 aromatic carbocycles. The number of nitrogens with one attached hydrogen (secondary N) is 1. The van der Waals surface area contributed by atoms with Gasteiger partial charge in [0, 0.05) is 54.9 Å². The molecule has 0 radical (unpaired) electrons. The number of nitrogens with two attached hydrogens (primary N) is 1.